The molecule has 2 amide bonds. The summed E-state index contributed by atoms with van der Waals surface area (Å²) in [4.78, 5) is 24.9. The molecule has 0 aliphatic heterocycles. The van der Waals surface area contributed by atoms with Gasteiger partial charge in [0.15, 0.2) is 0 Å². The number of nitrogens with one attached hydrogen (secondary N) is 2. The van der Waals surface area contributed by atoms with E-state index in [1.807, 2.05) is 6.08 Å². The quantitative estimate of drug-likeness (QED) is 0.689. The standard InChI is InChI=1S/C21H20ClFN2O3/c1-28-19-10-8-15(24-20(26)13-5-3-2-4-6-13)12-18(19)25-21(27)16-9-7-14(22)11-17(16)23/h2-3,7-13H,4-6H2,1H3,(H,24,26)(H,25,27). The van der Waals surface area contributed by atoms with Crippen LogP contribution in [-0.2, 0) is 4.79 Å². The van der Waals surface area contributed by atoms with Crippen LogP contribution in [0.25, 0.3) is 0 Å². The molecule has 1 aliphatic rings. The molecular formula is C21H20ClFN2O3. The molecule has 1 unspecified atom stereocenters. The molecule has 7 heteroatoms. The second kappa shape index (κ2) is 8.89. The molecule has 0 bridgehead atoms. The van der Waals surface area contributed by atoms with Gasteiger partial charge in [-0.25, -0.2) is 4.39 Å². The number of anilines is 2. The second-order valence-corrected chi connectivity index (χ2v) is 6.90. The van der Waals surface area contributed by atoms with Gasteiger partial charge in [-0.3, -0.25) is 9.59 Å². The van der Waals surface area contributed by atoms with Crippen LogP contribution in [0.1, 0.15) is 29.6 Å². The third-order valence-corrected chi connectivity index (χ3v) is 4.77. The van der Waals surface area contributed by atoms with Gasteiger partial charge in [0.1, 0.15) is 11.6 Å². The van der Waals surface area contributed by atoms with Gasteiger partial charge in [-0.15, -0.1) is 0 Å². The van der Waals surface area contributed by atoms with E-state index in [-0.39, 0.29) is 22.4 Å². The predicted molar refractivity (Wildman–Crippen MR) is 107 cm³/mol. The van der Waals surface area contributed by atoms with Crippen LogP contribution in [0.15, 0.2) is 48.6 Å². The second-order valence-electron chi connectivity index (χ2n) is 6.46. The smallest absolute Gasteiger partial charge is 0.258 e. The van der Waals surface area contributed by atoms with Crippen LogP contribution in [0, 0.1) is 11.7 Å². The van der Waals surface area contributed by atoms with Gasteiger partial charge >= 0.3 is 0 Å². The maximum atomic E-state index is 14.0. The molecule has 0 spiro atoms. The fraction of sp³-hybridized carbons (Fsp3) is 0.238. The Hall–Kier alpha value is -2.86. The number of hydrogen-bond donors (Lipinski definition) is 2. The summed E-state index contributed by atoms with van der Waals surface area (Å²) in [5.41, 5.74) is 0.699. The van der Waals surface area contributed by atoms with Gasteiger partial charge in [0.25, 0.3) is 5.91 Å². The number of ether oxygens (including phenoxy) is 1. The number of hydrogen-bond acceptors (Lipinski definition) is 3. The number of carbonyl (C=O) groups is 2. The van der Waals surface area contributed by atoms with E-state index in [1.54, 1.807) is 18.2 Å². The van der Waals surface area contributed by atoms with Crippen molar-refractivity contribution in [3.63, 3.8) is 0 Å². The third-order valence-electron chi connectivity index (χ3n) is 4.53. The maximum Gasteiger partial charge on any atom is 0.258 e. The molecule has 0 saturated heterocycles. The molecule has 0 aromatic heterocycles. The Morgan fingerprint density at radius 1 is 1.14 bits per heavy atom. The van der Waals surface area contributed by atoms with Crippen molar-refractivity contribution in [1.29, 1.82) is 0 Å². The van der Waals surface area contributed by atoms with E-state index in [2.05, 4.69) is 16.7 Å². The molecule has 1 atom stereocenters. The minimum Gasteiger partial charge on any atom is -0.495 e. The van der Waals surface area contributed by atoms with Crippen LogP contribution in [0.3, 0.4) is 0 Å². The lowest BCUT2D eigenvalue weighted by molar-refractivity contribution is -0.120. The fourth-order valence-electron chi connectivity index (χ4n) is 3.02. The summed E-state index contributed by atoms with van der Waals surface area (Å²) in [6.07, 6.45) is 6.47. The van der Waals surface area contributed by atoms with Crippen LogP contribution >= 0.6 is 11.6 Å². The van der Waals surface area contributed by atoms with E-state index >= 15 is 0 Å². The average molecular weight is 403 g/mol. The first kappa shape index (κ1) is 19.9. The molecule has 1 aliphatic carbocycles. The van der Waals surface area contributed by atoms with Gasteiger partial charge in [-0.2, -0.15) is 0 Å². The van der Waals surface area contributed by atoms with Crippen molar-refractivity contribution in [2.75, 3.05) is 17.7 Å². The highest BCUT2D eigenvalue weighted by Crippen LogP contribution is 2.29. The molecule has 3 rings (SSSR count). The first-order valence-corrected chi connectivity index (χ1v) is 9.26. The van der Waals surface area contributed by atoms with Crippen LogP contribution in [0.4, 0.5) is 15.8 Å². The first-order valence-electron chi connectivity index (χ1n) is 8.88. The number of methoxy groups -OCH3 is 1. The number of rotatable bonds is 5. The van der Waals surface area contributed by atoms with E-state index in [4.69, 9.17) is 16.3 Å². The number of halogens is 2. The lowest BCUT2D eigenvalue weighted by atomic mass is 9.93. The Bertz CT molecular complexity index is 930. The van der Waals surface area contributed by atoms with Gasteiger partial charge in [0.05, 0.1) is 18.4 Å². The molecule has 5 nitrogen and oxygen atoms in total. The Labute approximate surface area is 167 Å². The molecule has 0 heterocycles. The zero-order valence-corrected chi connectivity index (χ0v) is 16.1. The lowest BCUT2D eigenvalue weighted by Crippen LogP contribution is -2.23. The van der Waals surface area contributed by atoms with Crippen LogP contribution in [0.2, 0.25) is 5.02 Å². The van der Waals surface area contributed by atoms with E-state index < -0.39 is 11.7 Å². The van der Waals surface area contributed by atoms with Crippen molar-refractivity contribution in [3.05, 3.63) is 65.0 Å². The molecule has 0 saturated carbocycles. The summed E-state index contributed by atoms with van der Waals surface area (Å²) in [7, 11) is 1.46. The topological polar surface area (TPSA) is 67.4 Å². The SMILES string of the molecule is COc1ccc(NC(=O)C2CC=CCC2)cc1NC(=O)c1ccc(Cl)cc1F. The van der Waals surface area contributed by atoms with E-state index in [9.17, 15) is 14.0 Å². The van der Waals surface area contributed by atoms with E-state index in [1.165, 1.54) is 19.2 Å². The van der Waals surface area contributed by atoms with Crippen LogP contribution < -0.4 is 15.4 Å². The number of allylic oxidation sites excluding steroid dienone is 2. The van der Waals surface area contributed by atoms with Crippen molar-refractivity contribution in [2.45, 2.75) is 19.3 Å². The van der Waals surface area contributed by atoms with Gasteiger partial charge in [-0.05, 0) is 55.7 Å². The number of carbonyl (C=O) groups excluding carboxylic acids is 2. The summed E-state index contributed by atoms with van der Waals surface area (Å²) in [5.74, 6) is -1.13. The van der Waals surface area contributed by atoms with Crippen molar-refractivity contribution in [1.82, 2.24) is 0 Å². The van der Waals surface area contributed by atoms with Crippen molar-refractivity contribution < 1.29 is 18.7 Å². The molecule has 2 aromatic carbocycles. The van der Waals surface area contributed by atoms with Gasteiger partial charge in [0.2, 0.25) is 5.91 Å². The molecule has 2 aromatic rings. The zero-order chi connectivity index (χ0) is 20.1. The van der Waals surface area contributed by atoms with E-state index in [0.29, 0.717) is 23.5 Å². The van der Waals surface area contributed by atoms with Gasteiger partial charge < -0.3 is 15.4 Å². The zero-order valence-electron chi connectivity index (χ0n) is 15.3. The number of benzene rings is 2. The summed E-state index contributed by atoms with van der Waals surface area (Å²) in [6, 6.07) is 8.72. The molecule has 28 heavy (non-hydrogen) atoms. The lowest BCUT2D eigenvalue weighted by Gasteiger charge is -2.18. The minimum absolute atomic E-state index is 0.0736. The Kier molecular flexibility index (Phi) is 6.31. The summed E-state index contributed by atoms with van der Waals surface area (Å²) in [6.45, 7) is 0. The summed E-state index contributed by atoms with van der Waals surface area (Å²) >= 11 is 5.73. The van der Waals surface area contributed by atoms with Crippen molar-refractivity contribution in [2.24, 2.45) is 5.92 Å². The summed E-state index contributed by atoms with van der Waals surface area (Å²) < 4.78 is 19.3. The fourth-order valence-corrected chi connectivity index (χ4v) is 3.18. The van der Waals surface area contributed by atoms with Crippen molar-refractivity contribution >= 4 is 34.8 Å². The molecule has 0 fully saturated rings. The Morgan fingerprint density at radius 3 is 2.64 bits per heavy atom. The maximum absolute atomic E-state index is 14.0. The number of amides is 2. The largest absolute Gasteiger partial charge is 0.495 e. The third kappa shape index (κ3) is 4.70. The monoisotopic (exact) mass is 402 g/mol. The Balaban J connectivity index is 1.78. The molecular weight excluding hydrogens is 383 g/mol. The van der Waals surface area contributed by atoms with Crippen LogP contribution in [-0.4, -0.2) is 18.9 Å². The summed E-state index contributed by atoms with van der Waals surface area (Å²) in [5, 5.41) is 5.69. The molecule has 0 radical (unpaired) electrons. The highest BCUT2D eigenvalue weighted by molar-refractivity contribution is 6.30. The Morgan fingerprint density at radius 2 is 1.96 bits per heavy atom. The highest BCUT2D eigenvalue weighted by Gasteiger charge is 2.20. The normalized spacial score (nSPS) is 15.8. The van der Waals surface area contributed by atoms with Gasteiger partial charge in [-0.1, -0.05) is 23.8 Å². The molecule has 2 N–H and O–H groups in total. The van der Waals surface area contributed by atoms with Crippen molar-refractivity contribution in [3.8, 4) is 5.75 Å². The predicted octanol–water partition coefficient (Wildman–Crippen LogP) is 5.03. The van der Waals surface area contributed by atoms with Gasteiger partial charge in [0, 0.05) is 16.6 Å². The van der Waals surface area contributed by atoms with Crippen LogP contribution in [0.5, 0.6) is 5.75 Å². The minimum atomic E-state index is -0.723. The molecule has 146 valence electrons. The highest BCUT2D eigenvalue weighted by atomic mass is 35.5. The first-order chi connectivity index (χ1) is 13.5. The average Bonchev–Trinajstić information content (AvgIpc) is 2.68. The van der Waals surface area contributed by atoms with E-state index in [0.717, 1.165) is 18.9 Å².